The van der Waals surface area contributed by atoms with Gasteiger partial charge in [0.25, 0.3) is 0 Å². The van der Waals surface area contributed by atoms with Crippen LogP contribution in [0.5, 0.6) is 0 Å². The van der Waals surface area contributed by atoms with Crippen molar-refractivity contribution in [1.82, 2.24) is 4.98 Å². The fourth-order valence-electron chi connectivity index (χ4n) is 2.36. The van der Waals surface area contributed by atoms with Crippen LogP contribution in [-0.4, -0.2) is 21.6 Å². The van der Waals surface area contributed by atoms with E-state index in [9.17, 15) is 4.79 Å². The van der Waals surface area contributed by atoms with E-state index in [2.05, 4.69) is 44.9 Å². The number of aromatic nitrogens is 1. The van der Waals surface area contributed by atoms with Gasteiger partial charge >= 0.3 is 5.97 Å². The standard InChI is InChI=1S/C14H22N2O2/c1-13(2,3)9-14(4,5)16-10-6-7-11(12(17)18)15-8-10/h6-8,16H,9H2,1-5H3,(H,17,18). The topological polar surface area (TPSA) is 62.2 Å². The Balaban J connectivity index is 2.75. The normalized spacial score (nSPS) is 12.3. The maximum absolute atomic E-state index is 10.7. The Morgan fingerprint density at radius 1 is 1.28 bits per heavy atom. The molecule has 4 heteroatoms. The van der Waals surface area contributed by atoms with Gasteiger partial charge in [-0.1, -0.05) is 20.8 Å². The molecule has 0 aliphatic heterocycles. The zero-order valence-electron chi connectivity index (χ0n) is 11.7. The van der Waals surface area contributed by atoms with Gasteiger partial charge in [-0.2, -0.15) is 0 Å². The van der Waals surface area contributed by atoms with Gasteiger partial charge in [-0.15, -0.1) is 0 Å². The number of carboxylic acid groups (broad SMARTS) is 1. The molecule has 1 rings (SSSR count). The summed E-state index contributed by atoms with van der Waals surface area (Å²) in [4.78, 5) is 14.6. The molecule has 0 aliphatic carbocycles. The van der Waals surface area contributed by atoms with Gasteiger partial charge in [0.1, 0.15) is 5.69 Å². The highest BCUT2D eigenvalue weighted by molar-refractivity contribution is 5.85. The molecule has 4 nitrogen and oxygen atoms in total. The van der Waals surface area contributed by atoms with Gasteiger partial charge in [-0.3, -0.25) is 0 Å². The second-order valence-corrected chi connectivity index (χ2v) is 6.48. The average molecular weight is 250 g/mol. The van der Waals surface area contributed by atoms with Crippen LogP contribution in [0, 0.1) is 5.41 Å². The molecule has 0 amide bonds. The number of carbonyl (C=O) groups is 1. The first kappa shape index (κ1) is 14.5. The van der Waals surface area contributed by atoms with Crippen molar-refractivity contribution in [3.05, 3.63) is 24.0 Å². The lowest BCUT2D eigenvalue weighted by molar-refractivity contribution is 0.0690. The fourth-order valence-corrected chi connectivity index (χ4v) is 2.36. The zero-order chi connectivity index (χ0) is 14.0. The van der Waals surface area contributed by atoms with Crippen molar-refractivity contribution in [1.29, 1.82) is 0 Å². The summed E-state index contributed by atoms with van der Waals surface area (Å²) in [6, 6.07) is 3.26. The number of carboxylic acids is 1. The highest BCUT2D eigenvalue weighted by Gasteiger charge is 2.25. The maximum atomic E-state index is 10.7. The maximum Gasteiger partial charge on any atom is 0.354 e. The minimum atomic E-state index is -1.00. The summed E-state index contributed by atoms with van der Waals surface area (Å²) < 4.78 is 0. The lowest BCUT2D eigenvalue weighted by atomic mass is 9.82. The number of pyridine rings is 1. The van der Waals surface area contributed by atoms with Gasteiger partial charge in [-0.25, -0.2) is 9.78 Å². The molecule has 0 saturated carbocycles. The van der Waals surface area contributed by atoms with Gasteiger partial charge in [0, 0.05) is 5.54 Å². The Morgan fingerprint density at radius 3 is 2.28 bits per heavy atom. The van der Waals surface area contributed by atoms with Gasteiger partial charge in [-0.05, 0) is 37.8 Å². The molecule has 0 fully saturated rings. The van der Waals surface area contributed by atoms with Crippen LogP contribution in [-0.2, 0) is 0 Å². The largest absolute Gasteiger partial charge is 0.477 e. The molecular formula is C14H22N2O2. The summed E-state index contributed by atoms with van der Waals surface area (Å²) in [7, 11) is 0. The molecule has 0 atom stereocenters. The predicted octanol–water partition coefficient (Wildman–Crippen LogP) is 3.41. The molecule has 18 heavy (non-hydrogen) atoms. The second kappa shape index (κ2) is 4.96. The first-order chi connectivity index (χ1) is 8.09. The zero-order valence-corrected chi connectivity index (χ0v) is 11.7. The van der Waals surface area contributed by atoms with Gasteiger partial charge in [0.2, 0.25) is 0 Å². The highest BCUT2D eigenvalue weighted by atomic mass is 16.4. The first-order valence-corrected chi connectivity index (χ1v) is 6.07. The highest BCUT2D eigenvalue weighted by Crippen LogP contribution is 2.29. The molecule has 0 aliphatic rings. The number of hydrogen-bond donors (Lipinski definition) is 2. The number of rotatable bonds is 4. The van der Waals surface area contributed by atoms with Crippen LogP contribution in [0.3, 0.4) is 0 Å². The van der Waals surface area contributed by atoms with Crippen molar-refractivity contribution in [3.8, 4) is 0 Å². The molecule has 100 valence electrons. The number of nitrogens with zero attached hydrogens (tertiary/aromatic N) is 1. The molecule has 0 saturated heterocycles. The quantitative estimate of drug-likeness (QED) is 0.859. The third-order valence-corrected chi connectivity index (χ3v) is 2.44. The summed E-state index contributed by atoms with van der Waals surface area (Å²) in [6.07, 6.45) is 2.56. The Labute approximate surface area is 108 Å². The van der Waals surface area contributed by atoms with E-state index in [1.807, 2.05) is 0 Å². The fraction of sp³-hybridized carbons (Fsp3) is 0.571. The molecule has 1 aromatic rings. The number of aromatic carboxylic acids is 1. The van der Waals surface area contributed by atoms with Crippen LogP contribution in [0.25, 0.3) is 0 Å². The average Bonchev–Trinajstić information content (AvgIpc) is 2.13. The van der Waals surface area contributed by atoms with Crippen LogP contribution < -0.4 is 5.32 Å². The summed E-state index contributed by atoms with van der Waals surface area (Å²) >= 11 is 0. The third-order valence-electron chi connectivity index (χ3n) is 2.44. The molecule has 0 aromatic carbocycles. The lowest BCUT2D eigenvalue weighted by Gasteiger charge is -2.34. The molecule has 1 aromatic heterocycles. The minimum absolute atomic E-state index is 0.0641. The Kier molecular flexibility index (Phi) is 3.99. The van der Waals surface area contributed by atoms with E-state index < -0.39 is 5.97 Å². The van der Waals surface area contributed by atoms with Crippen molar-refractivity contribution in [2.45, 2.75) is 46.6 Å². The molecule has 0 radical (unpaired) electrons. The van der Waals surface area contributed by atoms with E-state index >= 15 is 0 Å². The smallest absolute Gasteiger partial charge is 0.354 e. The van der Waals surface area contributed by atoms with E-state index in [1.54, 1.807) is 12.3 Å². The van der Waals surface area contributed by atoms with Gasteiger partial charge < -0.3 is 10.4 Å². The molecule has 1 heterocycles. The van der Waals surface area contributed by atoms with Crippen LogP contribution in [0.4, 0.5) is 5.69 Å². The molecule has 0 unspecified atom stereocenters. The van der Waals surface area contributed by atoms with Crippen molar-refractivity contribution >= 4 is 11.7 Å². The van der Waals surface area contributed by atoms with Crippen LogP contribution in [0.1, 0.15) is 51.5 Å². The second-order valence-electron chi connectivity index (χ2n) is 6.48. The van der Waals surface area contributed by atoms with E-state index in [4.69, 9.17) is 5.11 Å². The summed E-state index contributed by atoms with van der Waals surface area (Å²) in [5, 5.41) is 12.2. The number of anilines is 1. The molecule has 2 N–H and O–H groups in total. The summed E-state index contributed by atoms with van der Waals surface area (Å²) in [6.45, 7) is 10.8. The predicted molar refractivity (Wildman–Crippen MR) is 73.0 cm³/mol. The van der Waals surface area contributed by atoms with E-state index in [-0.39, 0.29) is 16.6 Å². The Hall–Kier alpha value is -1.58. The van der Waals surface area contributed by atoms with Gasteiger partial charge in [0.15, 0.2) is 0 Å². The van der Waals surface area contributed by atoms with Crippen molar-refractivity contribution in [2.24, 2.45) is 5.41 Å². The SMILES string of the molecule is CC(C)(C)CC(C)(C)Nc1ccc(C(=O)O)nc1. The van der Waals surface area contributed by atoms with Crippen molar-refractivity contribution in [2.75, 3.05) is 5.32 Å². The number of hydrogen-bond acceptors (Lipinski definition) is 3. The summed E-state index contributed by atoms with van der Waals surface area (Å²) in [5.41, 5.74) is 1.07. The summed E-state index contributed by atoms with van der Waals surface area (Å²) in [5.74, 6) is -1.00. The van der Waals surface area contributed by atoms with Crippen LogP contribution in [0.2, 0.25) is 0 Å². The Bertz CT molecular complexity index is 416. The number of nitrogens with one attached hydrogen (secondary N) is 1. The molecular weight excluding hydrogens is 228 g/mol. The Morgan fingerprint density at radius 2 is 1.89 bits per heavy atom. The monoisotopic (exact) mass is 250 g/mol. The van der Waals surface area contributed by atoms with Gasteiger partial charge in [0.05, 0.1) is 11.9 Å². The molecule has 0 spiro atoms. The van der Waals surface area contributed by atoms with Crippen LogP contribution in [0.15, 0.2) is 18.3 Å². The van der Waals surface area contributed by atoms with Crippen molar-refractivity contribution < 1.29 is 9.90 Å². The molecule has 0 bridgehead atoms. The first-order valence-electron chi connectivity index (χ1n) is 6.07. The van der Waals surface area contributed by atoms with E-state index in [1.165, 1.54) is 6.07 Å². The minimum Gasteiger partial charge on any atom is -0.477 e. The van der Waals surface area contributed by atoms with E-state index in [0.717, 1.165) is 12.1 Å². The third kappa shape index (κ3) is 4.73. The lowest BCUT2D eigenvalue weighted by Crippen LogP contribution is -2.35. The van der Waals surface area contributed by atoms with Crippen LogP contribution >= 0.6 is 0 Å². The van der Waals surface area contributed by atoms with E-state index in [0.29, 0.717) is 0 Å². The van der Waals surface area contributed by atoms with Crippen molar-refractivity contribution in [3.63, 3.8) is 0 Å².